The largest absolute Gasteiger partial charge is 0.457 e. The average Bonchev–Trinajstić information content (AvgIpc) is 2.93. The summed E-state index contributed by atoms with van der Waals surface area (Å²) in [5.74, 6) is 2.35. The van der Waals surface area contributed by atoms with Crippen LogP contribution in [0.5, 0.6) is 0 Å². The number of thioether (sulfide) groups is 1. The van der Waals surface area contributed by atoms with Crippen molar-refractivity contribution in [2.45, 2.75) is 83.3 Å². The summed E-state index contributed by atoms with van der Waals surface area (Å²) in [5.41, 5.74) is 0. The summed E-state index contributed by atoms with van der Waals surface area (Å²) in [6.07, 6.45) is 10.6. The van der Waals surface area contributed by atoms with Crippen LogP contribution in [0.4, 0.5) is 0 Å². The molecule has 0 bridgehead atoms. The third-order valence-electron chi connectivity index (χ3n) is 4.16. The Morgan fingerprint density at radius 1 is 1.04 bits per heavy atom. The van der Waals surface area contributed by atoms with Crippen molar-refractivity contribution in [2.75, 3.05) is 24.7 Å². The molecular weight excluding hydrogens is 312 g/mol. The zero-order chi connectivity index (χ0) is 16.8. The van der Waals surface area contributed by atoms with Gasteiger partial charge in [-0.05, 0) is 24.3 Å². The molecule has 1 rings (SSSR count). The lowest BCUT2D eigenvalue weighted by molar-refractivity contribution is -0.152. The van der Waals surface area contributed by atoms with E-state index < -0.39 is 12.2 Å². The first kappa shape index (κ1) is 20.8. The number of hydrogen-bond acceptors (Lipinski definition) is 5. The molecule has 23 heavy (non-hydrogen) atoms. The molecule has 0 aromatic carbocycles. The van der Waals surface area contributed by atoms with E-state index in [2.05, 4.69) is 6.92 Å². The Kier molecular flexibility index (Phi) is 12.8. The first-order valence-electron chi connectivity index (χ1n) is 9.27. The SMILES string of the molecule is CCSCCCCCCCCCCCC(=O)OC1COCC1O. The minimum Gasteiger partial charge on any atom is -0.457 e. The lowest BCUT2D eigenvalue weighted by atomic mass is 10.1. The Labute approximate surface area is 145 Å². The van der Waals surface area contributed by atoms with Crippen molar-refractivity contribution in [3.05, 3.63) is 0 Å². The molecule has 0 amide bonds. The van der Waals surface area contributed by atoms with Gasteiger partial charge in [0.25, 0.3) is 0 Å². The van der Waals surface area contributed by atoms with Gasteiger partial charge >= 0.3 is 5.97 Å². The van der Waals surface area contributed by atoms with E-state index in [4.69, 9.17) is 9.47 Å². The zero-order valence-electron chi connectivity index (χ0n) is 14.6. The molecular formula is C18H34O4S. The molecule has 0 aliphatic carbocycles. The Hall–Kier alpha value is -0.260. The van der Waals surface area contributed by atoms with E-state index in [1.165, 1.54) is 56.5 Å². The molecule has 1 aliphatic heterocycles. The predicted molar refractivity (Wildman–Crippen MR) is 95.9 cm³/mol. The van der Waals surface area contributed by atoms with Gasteiger partial charge in [0.15, 0.2) is 6.10 Å². The minimum absolute atomic E-state index is 0.204. The van der Waals surface area contributed by atoms with E-state index in [-0.39, 0.29) is 12.6 Å². The lowest BCUT2D eigenvalue weighted by Gasteiger charge is -2.13. The van der Waals surface area contributed by atoms with Crippen molar-refractivity contribution in [3.8, 4) is 0 Å². The second-order valence-electron chi connectivity index (χ2n) is 6.26. The van der Waals surface area contributed by atoms with Crippen molar-refractivity contribution < 1.29 is 19.4 Å². The molecule has 2 atom stereocenters. The highest BCUT2D eigenvalue weighted by Gasteiger charge is 2.29. The molecule has 1 N–H and O–H groups in total. The van der Waals surface area contributed by atoms with E-state index in [0.717, 1.165) is 12.8 Å². The van der Waals surface area contributed by atoms with Crippen molar-refractivity contribution in [3.63, 3.8) is 0 Å². The van der Waals surface area contributed by atoms with Gasteiger partial charge in [-0.2, -0.15) is 11.8 Å². The number of carbonyl (C=O) groups is 1. The van der Waals surface area contributed by atoms with Crippen LogP contribution in [-0.2, 0) is 14.3 Å². The predicted octanol–water partition coefficient (Wildman–Crippen LogP) is 3.94. The monoisotopic (exact) mass is 346 g/mol. The smallest absolute Gasteiger partial charge is 0.306 e. The van der Waals surface area contributed by atoms with Crippen LogP contribution < -0.4 is 0 Å². The molecule has 4 nitrogen and oxygen atoms in total. The van der Waals surface area contributed by atoms with Gasteiger partial charge in [0.2, 0.25) is 0 Å². The molecule has 0 radical (unpaired) electrons. The summed E-state index contributed by atoms with van der Waals surface area (Å²) in [5, 5.41) is 9.51. The van der Waals surface area contributed by atoms with Crippen molar-refractivity contribution in [1.82, 2.24) is 0 Å². The van der Waals surface area contributed by atoms with E-state index in [1.54, 1.807) is 0 Å². The molecule has 0 spiro atoms. The van der Waals surface area contributed by atoms with Crippen LogP contribution in [0.1, 0.15) is 71.1 Å². The standard InChI is InChI=1S/C18H34O4S/c1-2-23-13-11-9-7-5-3-4-6-8-10-12-18(20)22-17-15-21-14-16(17)19/h16-17,19H,2-15H2,1H3. The highest BCUT2D eigenvalue weighted by molar-refractivity contribution is 7.99. The van der Waals surface area contributed by atoms with Gasteiger partial charge < -0.3 is 14.6 Å². The van der Waals surface area contributed by atoms with E-state index in [0.29, 0.717) is 13.0 Å². The summed E-state index contributed by atoms with van der Waals surface area (Å²) < 4.78 is 10.3. The summed E-state index contributed by atoms with van der Waals surface area (Å²) in [4.78, 5) is 11.6. The molecule has 2 unspecified atom stereocenters. The zero-order valence-corrected chi connectivity index (χ0v) is 15.5. The average molecular weight is 347 g/mol. The number of rotatable bonds is 14. The number of esters is 1. The fourth-order valence-corrected chi connectivity index (χ4v) is 3.42. The Morgan fingerprint density at radius 3 is 2.22 bits per heavy atom. The Morgan fingerprint density at radius 2 is 1.65 bits per heavy atom. The summed E-state index contributed by atoms with van der Waals surface area (Å²) >= 11 is 2.04. The molecule has 1 heterocycles. The maximum absolute atomic E-state index is 11.6. The quantitative estimate of drug-likeness (QED) is 0.381. The third kappa shape index (κ3) is 11.0. The molecule has 1 aliphatic rings. The van der Waals surface area contributed by atoms with Gasteiger partial charge in [-0.1, -0.05) is 51.9 Å². The molecule has 5 heteroatoms. The van der Waals surface area contributed by atoms with Crippen molar-refractivity contribution in [1.29, 1.82) is 0 Å². The molecule has 0 aromatic rings. The van der Waals surface area contributed by atoms with Gasteiger partial charge in [-0.3, -0.25) is 4.79 Å². The maximum Gasteiger partial charge on any atom is 0.306 e. The van der Waals surface area contributed by atoms with Crippen LogP contribution in [0.15, 0.2) is 0 Å². The first-order valence-corrected chi connectivity index (χ1v) is 10.4. The highest BCUT2D eigenvalue weighted by atomic mass is 32.2. The number of carbonyl (C=O) groups excluding carboxylic acids is 1. The third-order valence-corrected chi connectivity index (χ3v) is 5.14. The van der Waals surface area contributed by atoms with Gasteiger partial charge in [-0.15, -0.1) is 0 Å². The lowest BCUT2D eigenvalue weighted by Crippen LogP contribution is -2.29. The first-order chi connectivity index (χ1) is 11.2. The minimum atomic E-state index is -0.653. The number of aliphatic hydroxyl groups excluding tert-OH is 1. The number of ether oxygens (including phenoxy) is 2. The van der Waals surface area contributed by atoms with E-state index >= 15 is 0 Å². The fraction of sp³-hybridized carbons (Fsp3) is 0.944. The maximum atomic E-state index is 11.6. The van der Waals surface area contributed by atoms with Crippen LogP contribution in [-0.4, -0.2) is 48.0 Å². The van der Waals surface area contributed by atoms with Crippen molar-refractivity contribution >= 4 is 17.7 Å². The van der Waals surface area contributed by atoms with Crippen molar-refractivity contribution in [2.24, 2.45) is 0 Å². The number of unbranched alkanes of at least 4 members (excludes halogenated alkanes) is 8. The Balaban J connectivity index is 1.80. The van der Waals surface area contributed by atoms with Crippen LogP contribution >= 0.6 is 11.8 Å². The van der Waals surface area contributed by atoms with Crippen LogP contribution in [0.25, 0.3) is 0 Å². The molecule has 1 saturated heterocycles. The summed E-state index contributed by atoms with van der Waals surface area (Å²) in [6.45, 7) is 2.82. The summed E-state index contributed by atoms with van der Waals surface area (Å²) in [7, 11) is 0. The molecule has 0 saturated carbocycles. The molecule has 136 valence electrons. The summed E-state index contributed by atoms with van der Waals surface area (Å²) in [6, 6.07) is 0. The van der Waals surface area contributed by atoms with Crippen LogP contribution in [0.2, 0.25) is 0 Å². The van der Waals surface area contributed by atoms with Crippen LogP contribution in [0, 0.1) is 0 Å². The van der Waals surface area contributed by atoms with Gasteiger partial charge in [0, 0.05) is 6.42 Å². The van der Waals surface area contributed by atoms with Gasteiger partial charge in [-0.25, -0.2) is 0 Å². The number of aliphatic hydroxyl groups is 1. The topological polar surface area (TPSA) is 55.8 Å². The van der Waals surface area contributed by atoms with Gasteiger partial charge in [0.05, 0.1) is 13.2 Å². The second-order valence-corrected chi connectivity index (χ2v) is 7.66. The fourth-order valence-electron chi connectivity index (χ4n) is 2.72. The van der Waals surface area contributed by atoms with Gasteiger partial charge in [0.1, 0.15) is 6.10 Å². The van der Waals surface area contributed by atoms with E-state index in [1.807, 2.05) is 11.8 Å². The molecule has 1 fully saturated rings. The highest BCUT2D eigenvalue weighted by Crippen LogP contribution is 2.14. The van der Waals surface area contributed by atoms with Crippen LogP contribution in [0.3, 0.4) is 0 Å². The second kappa shape index (κ2) is 14.1. The molecule has 0 aromatic heterocycles. The normalized spacial score (nSPS) is 20.8. The number of hydrogen-bond donors (Lipinski definition) is 1. The van der Waals surface area contributed by atoms with E-state index in [9.17, 15) is 9.90 Å². The Bertz CT molecular complexity index is 299.